The van der Waals surface area contributed by atoms with E-state index in [-0.39, 0.29) is 26.4 Å². The first-order chi connectivity index (χ1) is 12.4. The summed E-state index contributed by atoms with van der Waals surface area (Å²) in [5, 5.41) is 0.482. The van der Waals surface area contributed by atoms with E-state index in [0.717, 1.165) is 42.6 Å². The van der Waals surface area contributed by atoms with Crippen LogP contribution in [0.5, 0.6) is 0 Å². The van der Waals surface area contributed by atoms with Crippen molar-refractivity contribution in [3.05, 3.63) is 33.7 Å². The van der Waals surface area contributed by atoms with E-state index in [1.807, 2.05) is 0 Å². The van der Waals surface area contributed by atoms with Crippen molar-refractivity contribution in [3.8, 4) is 0 Å². The number of halogens is 4. The largest absolute Gasteiger partial charge is 0.416 e. The molecule has 1 aliphatic rings. The Kier molecular flexibility index (Phi) is 5.24. The summed E-state index contributed by atoms with van der Waals surface area (Å²) in [4.78, 5) is 14.7. The molecule has 1 unspecified atom stereocenters. The second kappa shape index (κ2) is 6.93. The minimum atomic E-state index is -4.49. The molecule has 3 rings (SSSR count). The van der Waals surface area contributed by atoms with Crippen molar-refractivity contribution >= 4 is 48.8 Å². The van der Waals surface area contributed by atoms with Crippen molar-refractivity contribution in [1.82, 2.24) is 4.90 Å². The highest BCUT2D eigenvalue weighted by molar-refractivity contribution is 7.90. The molecule has 10 heteroatoms. The van der Waals surface area contributed by atoms with E-state index in [2.05, 4.69) is 0 Å². The van der Waals surface area contributed by atoms with Crippen LogP contribution < -0.4 is 0 Å². The number of nitrogens with zero attached hydrogens (tertiary/aromatic N) is 1. The molecule has 1 aromatic carbocycles. The van der Waals surface area contributed by atoms with Crippen molar-refractivity contribution in [3.63, 3.8) is 0 Å². The topological polar surface area (TPSA) is 54.5 Å². The third kappa shape index (κ3) is 4.41. The fraction of sp³-hybridized carbons (Fsp3) is 0.471. The molecule has 1 atom stereocenters. The summed E-state index contributed by atoms with van der Waals surface area (Å²) in [5.74, 6) is -0.621. The molecule has 0 bridgehead atoms. The number of hydrogen-bond donors (Lipinski definition) is 0. The van der Waals surface area contributed by atoms with Crippen LogP contribution in [0.15, 0.2) is 18.2 Å². The third-order valence-corrected chi connectivity index (χ3v) is 7.08. The zero-order valence-corrected chi connectivity index (χ0v) is 16.9. The molecule has 0 saturated heterocycles. The molecule has 0 N–H and O–H groups in total. The van der Waals surface area contributed by atoms with Crippen LogP contribution in [0.1, 0.15) is 35.0 Å². The summed E-state index contributed by atoms with van der Waals surface area (Å²) in [6, 6.07) is 2.55. The van der Waals surface area contributed by atoms with E-state index < -0.39 is 33.5 Å². The fourth-order valence-electron chi connectivity index (χ4n) is 3.09. The summed E-state index contributed by atoms with van der Waals surface area (Å²) < 4.78 is 62.3. The molecule has 27 heavy (non-hydrogen) atoms. The first kappa shape index (κ1) is 20.4. The maximum Gasteiger partial charge on any atom is 0.416 e. The van der Waals surface area contributed by atoms with Crippen LogP contribution in [0, 0.1) is 0 Å². The van der Waals surface area contributed by atoms with Crippen LogP contribution in [0.25, 0.3) is 10.1 Å². The molecule has 0 spiro atoms. The Hall–Kier alpha value is -1.32. The number of rotatable bonds is 5. The third-order valence-electron chi connectivity index (χ3n) is 4.34. The monoisotopic (exact) mass is 439 g/mol. The van der Waals surface area contributed by atoms with E-state index >= 15 is 0 Å². The Morgan fingerprint density at radius 2 is 2.00 bits per heavy atom. The van der Waals surface area contributed by atoms with Gasteiger partial charge in [0.2, 0.25) is 0 Å². The second-order valence-electron chi connectivity index (χ2n) is 6.84. The van der Waals surface area contributed by atoms with Crippen LogP contribution >= 0.6 is 22.9 Å². The molecule has 0 aliphatic heterocycles. The Balaban J connectivity index is 1.99. The number of hydrogen-bond acceptors (Lipinski definition) is 4. The molecule has 0 radical (unpaired) electrons. The van der Waals surface area contributed by atoms with E-state index in [4.69, 9.17) is 11.6 Å². The fourth-order valence-corrected chi connectivity index (χ4v) is 5.63. The van der Waals surface area contributed by atoms with Gasteiger partial charge < -0.3 is 4.90 Å². The number of alkyl halides is 3. The zero-order chi connectivity index (χ0) is 20.1. The van der Waals surface area contributed by atoms with Crippen molar-refractivity contribution in [2.24, 2.45) is 0 Å². The predicted octanol–water partition coefficient (Wildman–Crippen LogP) is 4.61. The molecule has 1 aliphatic carbocycles. The van der Waals surface area contributed by atoms with Crippen LogP contribution in [-0.2, 0) is 16.0 Å². The molecule has 1 saturated carbocycles. The predicted molar refractivity (Wildman–Crippen MR) is 100 cm³/mol. The van der Waals surface area contributed by atoms with Gasteiger partial charge in [-0.3, -0.25) is 4.79 Å². The number of benzene rings is 1. The van der Waals surface area contributed by atoms with Gasteiger partial charge in [-0.2, -0.15) is 13.2 Å². The molecular weight excluding hydrogens is 423 g/mol. The van der Waals surface area contributed by atoms with Crippen molar-refractivity contribution in [2.75, 3.05) is 12.0 Å². The van der Waals surface area contributed by atoms with Gasteiger partial charge in [-0.1, -0.05) is 17.7 Å². The van der Waals surface area contributed by atoms with Gasteiger partial charge in [0.1, 0.15) is 14.7 Å². The van der Waals surface area contributed by atoms with Crippen LogP contribution in [0.2, 0.25) is 5.02 Å². The van der Waals surface area contributed by atoms with Gasteiger partial charge in [0.15, 0.2) is 0 Å². The number of thiophene rings is 1. The van der Waals surface area contributed by atoms with Gasteiger partial charge in [0.05, 0.1) is 16.3 Å². The van der Waals surface area contributed by atoms with Crippen molar-refractivity contribution in [2.45, 2.75) is 38.0 Å². The van der Waals surface area contributed by atoms with Gasteiger partial charge in [0, 0.05) is 28.4 Å². The highest BCUT2D eigenvalue weighted by atomic mass is 35.5. The Bertz CT molecular complexity index is 997. The summed E-state index contributed by atoms with van der Waals surface area (Å²) >= 11 is 7.19. The molecule has 4 nitrogen and oxygen atoms in total. The van der Waals surface area contributed by atoms with Gasteiger partial charge in [-0.25, -0.2) is 8.42 Å². The van der Waals surface area contributed by atoms with Crippen LogP contribution in [0.4, 0.5) is 13.2 Å². The molecule has 1 fully saturated rings. The highest BCUT2D eigenvalue weighted by Crippen LogP contribution is 2.41. The van der Waals surface area contributed by atoms with E-state index in [0.29, 0.717) is 5.39 Å². The molecule has 1 heterocycles. The minimum Gasteiger partial charge on any atom is -0.331 e. The SMILES string of the molecule is CC(CS(C)(=O)=O)N(C(=O)c1sc2cc(C(F)(F)F)ccc2c1Cl)C1CC1. The van der Waals surface area contributed by atoms with Crippen molar-refractivity contribution < 1.29 is 26.4 Å². The molecule has 2 aromatic rings. The summed E-state index contributed by atoms with van der Waals surface area (Å²) in [6.45, 7) is 1.65. The quantitative estimate of drug-likeness (QED) is 0.683. The minimum absolute atomic E-state index is 0.0683. The van der Waals surface area contributed by atoms with E-state index in [9.17, 15) is 26.4 Å². The average Bonchev–Trinajstić information content (AvgIpc) is 3.28. The Labute approximate surface area is 163 Å². The maximum atomic E-state index is 13.1. The molecular formula is C17H17ClF3NO3S2. The van der Waals surface area contributed by atoms with Gasteiger partial charge in [0.25, 0.3) is 5.91 Å². The lowest BCUT2D eigenvalue weighted by molar-refractivity contribution is -0.137. The van der Waals surface area contributed by atoms with Crippen molar-refractivity contribution in [1.29, 1.82) is 0 Å². The first-order valence-electron chi connectivity index (χ1n) is 8.18. The molecule has 1 amide bonds. The summed E-state index contributed by atoms with van der Waals surface area (Å²) in [7, 11) is -3.30. The number of amides is 1. The lowest BCUT2D eigenvalue weighted by Crippen LogP contribution is -2.43. The van der Waals surface area contributed by atoms with Crippen LogP contribution in [-0.4, -0.2) is 43.3 Å². The molecule has 1 aromatic heterocycles. The van der Waals surface area contributed by atoms with E-state index in [1.54, 1.807) is 6.92 Å². The standard InChI is InChI=1S/C17H17ClF3NO3S2/c1-9(8-27(2,24)25)22(11-4-5-11)16(23)15-14(18)12-6-3-10(17(19,20)21)7-13(12)26-15/h3,6-7,9,11H,4-5,8H2,1-2H3. The van der Waals surface area contributed by atoms with E-state index in [1.165, 1.54) is 11.0 Å². The normalized spacial score (nSPS) is 16.5. The number of carbonyl (C=O) groups excluding carboxylic acids is 1. The second-order valence-corrected chi connectivity index (χ2v) is 10.5. The first-order valence-corrected chi connectivity index (χ1v) is 11.4. The van der Waals surface area contributed by atoms with Gasteiger partial charge >= 0.3 is 6.18 Å². The smallest absolute Gasteiger partial charge is 0.331 e. The number of sulfone groups is 1. The number of carbonyl (C=O) groups is 1. The average molecular weight is 440 g/mol. The summed E-state index contributed by atoms with van der Waals surface area (Å²) in [5.41, 5.74) is -0.809. The van der Waals surface area contributed by atoms with Gasteiger partial charge in [-0.05, 0) is 31.9 Å². The lowest BCUT2D eigenvalue weighted by atomic mass is 10.1. The maximum absolute atomic E-state index is 13.1. The Morgan fingerprint density at radius 1 is 1.37 bits per heavy atom. The summed E-state index contributed by atoms with van der Waals surface area (Å²) in [6.07, 6.45) is -1.86. The lowest BCUT2D eigenvalue weighted by Gasteiger charge is -2.28. The number of fused-ring (bicyclic) bond motifs is 1. The van der Waals surface area contributed by atoms with Gasteiger partial charge in [-0.15, -0.1) is 11.3 Å². The zero-order valence-electron chi connectivity index (χ0n) is 14.5. The highest BCUT2D eigenvalue weighted by Gasteiger charge is 2.39. The molecule has 148 valence electrons. The van der Waals surface area contributed by atoms with Crippen LogP contribution in [0.3, 0.4) is 0 Å². The Morgan fingerprint density at radius 3 is 2.52 bits per heavy atom.